The van der Waals surface area contributed by atoms with Gasteiger partial charge in [-0.05, 0) is 61.1 Å². The number of amides is 1. The Bertz CT molecular complexity index is 842. The second-order valence-corrected chi connectivity index (χ2v) is 6.90. The molecule has 0 aliphatic heterocycles. The first-order valence-electron chi connectivity index (χ1n) is 7.87. The summed E-state index contributed by atoms with van der Waals surface area (Å²) in [5.74, 6) is -2.60. The highest BCUT2D eigenvalue weighted by Crippen LogP contribution is 2.26. The fourth-order valence-corrected chi connectivity index (χ4v) is 2.77. The van der Waals surface area contributed by atoms with E-state index in [9.17, 15) is 13.6 Å². The van der Waals surface area contributed by atoms with Crippen LogP contribution in [-0.2, 0) is 4.79 Å². The molecule has 0 aromatic heterocycles. The number of carbonyl (C=O) groups excluding carboxylic acids is 1. The van der Waals surface area contributed by atoms with Gasteiger partial charge >= 0.3 is 0 Å². The number of nitrogens with zero attached hydrogens (tertiary/aromatic N) is 1. The van der Waals surface area contributed by atoms with E-state index in [0.717, 1.165) is 5.56 Å². The van der Waals surface area contributed by atoms with Gasteiger partial charge in [-0.2, -0.15) is 13.9 Å². The van der Waals surface area contributed by atoms with Crippen LogP contribution >= 0.6 is 24.0 Å². The third kappa shape index (κ3) is 7.32. The normalized spacial score (nSPS) is 11.2. The van der Waals surface area contributed by atoms with Crippen LogP contribution in [0.15, 0.2) is 58.5 Å². The minimum atomic E-state index is -2.45. The average Bonchev–Trinajstić information content (AvgIpc) is 2.60. The quantitative estimate of drug-likeness (QED) is 0.281. The van der Waals surface area contributed by atoms with Crippen molar-refractivity contribution in [3.05, 3.63) is 54.1 Å². The average molecular weight is 408 g/mol. The van der Waals surface area contributed by atoms with Crippen molar-refractivity contribution >= 4 is 52.1 Å². The predicted molar refractivity (Wildman–Crippen MR) is 111 cm³/mol. The molecule has 0 saturated heterocycles. The van der Waals surface area contributed by atoms with Crippen molar-refractivity contribution in [3.63, 3.8) is 0 Å². The van der Waals surface area contributed by atoms with Gasteiger partial charge in [-0.25, -0.2) is 0 Å². The van der Waals surface area contributed by atoms with Crippen LogP contribution in [0.3, 0.4) is 0 Å². The van der Waals surface area contributed by atoms with E-state index in [1.165, 1.54) is 6.92 Å². The van der Waals surface area contributed by atoms with Gasteiger partial charge in [-0.15, -0.1) is 0 Å². The molecule has 0 unspecified atom stereocenters. The number of alkyl halides is 2. The van der Waals surface area contributed by atoms with Gasteiger partial charge in [-0.3, -0.25) is 10.2 Å². The molecule has 0 atom stereocenters. The molecule has 142 valence electrons. The van der Waals surface area contributed by atoms with E-state index in [1.54, 1.807) is 43.3 Å². The highest BCUT2D eigenvalue weighted by atomic mass is 32.2. The first-order valence-corrected chi connectivity index (χ1v) is 9.16. The van der Waals surface area contributed by atoms with Crippen LogP contribution in [0.25, 0.3) is 0 Å². The molecule has 0 aliphatic carbocycles. The third-order valence-corrected chi connectivity index (χ3v) is 4.18. The third-order valence-electron chi connectivity index (χ3n) is 3.26. The van der Waals surface area contributed by atoms with E-state index >= 15 is 0 Å². The summed E-state index contributed by atoms with van der Waals surface area (Å²) in [6.45, 7) is 3.25. The number of rotatable bonds is 6. The minimum Gasteiger partial charge on any atom is -0.331 e. The van der Waals surface area contributed by atoms with Crippen molar-refractivity contribution in [2.24, 2.45) is 5.10 Å². The number of thioether (sulfide) groups is 1. The first kappa shape index (κ1) is 20.8. The van der Waals surface area contributed by atoms with Crippen LogP contribution in [0.5, 0.6) is 0 Å². The largest absolute Gasteiger partial charge is 0.331 e. The second-order valence-electron chi connectivity index (χ2n) is 5.43. The molecule has 0 fully saturated rings. The highest BCUT2D eigenvalue weighted by molar-refractivity contribution is 7.99. The number of hydrogen-bond donors (Lipinski definition) is 3. The summed E-state index contributed by atoms with van der Waals surface area (Å²) in [5.41, 5.74) is 5.57. The number of benzene rings is 2. The molecule has 2 rings (SSSR count). The summed E-state index contributed by atoms with van der Waals surface area (Å²) in [4.78, 5) is 11.6. The maximum atomic E-state index is 12.3. The Hall–Kier alpha value is -2.52. The summed E-state index contributed by atoms with van der Waals surface area (Å²) >= 11 is 5.66. The van der Waals surface area contributed by atoms with Gasteiger partial charge in [-0.1, -0.05) is 23.9 Å². The molecular weight excluding hydrogens is 390 g/mol. The molecule has 0 spiro atoms. The molecule has 0 aliphatic rings. The molecule has 2 aromatic rings. The molecule has 0 heterocycles. The molecule has 0 bridgehead atoms. The van der Waals surface area contributed by atoms with Gasteiger partial charge < -0.3 is 10.6 Å². The van der Waals surface area contributed by atoms with Crippen molar-refractivity contribution < 1.29 is 13.6 Å². The van der Waals surface area contributed by atoms with Crippen molar-refractivity contribution in [2.75, 3.05) is 10.6 Å². The van der Waals surface area contributed by atoms with E-state index in [0.29, 0.717) is 33.7 Å². The van der Waals surface area contributed by atoms with Crippen molar-refractivity contribution in [2.45, 2.75) is 24.5 Å². The topological polar surface area (TPSA) is 65.5 Å². The molecule has 5 nitrogen and oxygen atoms in total. The smallest absolute Gasteiger partial charge is 0.288 e. The summed E-state index contributed by atoms with van der Waals surface area (Å²) < 4.78 is 24.6. The van der Waals surface area contributed by atoms with Crippen LogP contribution in [0.4, 0.5) is 20.2 Å². The van der Waals surface area contributed by atoms with Crippen LogP contribution in [0, 0.1) is 0 Å². The lowest BCUT2D eigenvalue weighted by atomic mass is 10.1. The first-order chi connectivity index (χ1) is 12.8. The summed E-state index contributed by atoms with van der Waals surface area (Å²) in [6, 6.07) is 13.8. The number of carbonyl (C=O) groups is 1. The lowest BCUT2D eigenvalue weighted by molar-refractivity contribution is -0.114. The van der Waals surface area contributed by atoms with Gasteiger partial charge in [0.1, 0.15) is 0 Å². The number of nitrogens with one attached hydrogen (secondary N) is 3. The maximum absolute atomic E-state index is 12.3. The van der Waals surface area contributed by atoms with Gasteiger partial charge in [0.15, 0.2) is 5.11 Å². The van der Waals surface area contributed by atoms with Crippen molar-refractivity contribution in [1.82, 2.24) is 5.43 Å². The van der Waals surface area contributed by atoms with Crippen LogP contribution in [0.1, 0.15) is 19.4 Å². The Kier molecular flexibility index (Phi) is 7.68. The van der Waals surface area contributed by atoms with Crippen LogP contribution < -0.4 is 16.1 Å². The zero-order chi connectivity index (χ0) is 19.8. The minimum absolute atomic E-state index is 0.150. The molecule has 0 radical (unpaired) electrons. The SMILES string of the molecule is CC(=O)Nc1cccc(/C(C)=N\NC(=S)Nc2ccc(SC(F)F)cc2)c1. The van der Waals surface area contributed by atoms with E-state index in [1.807, 2.05) is 12.1 Å². The Labute approximate surface area is 165 Å². The van der Waals surface area contributed by atoms with Crippen LogP contribution in [-0.4, -0.2) is 22.5 Å². The molecule has 9 heteroatoms. The predicted octanol–water partition coefficient (Wildman–Crippen LogP) is 4.67. The van der Waals surface area contributed by atoms with E-state index < -0.39 is 5.76 Å². The van der Waals surface area contributed by atoms with Gasteiger partial charge in [0, 0.05) is 23.2 Å². The zero-order valence-electron chi connectivity index (χ0n) is 14.6. The Morgan fingerprint density at radius 2 is 1.78 bits per heavy atom. The summed E-state index contributed by atoms with van der Waals surface area (Å²) in [7, 11) is 0. The maximum Gasteiger partial charge on any atom is 0.288 e. The Balaban J connectivity index is 1.94. The molecular formula is C18H18F2N4OS2. The molecule has 3 N–H and O–H groups in total. The number of anilines is 2. The fourth-order valence-electron chi connectivity index (χ4n) is 2.10. The van der Waals surface area contributed by atoms with E-state index in [2.05, 4.69) is 21.2 Å². The standard InChI is InChI=1S/C18H18F2N4OS2/c1-11(13-4-3-5-15(10-13)21-12(2)25)23-24-18(26)22-14-6-8-16(9-7-14)27-17(19)20/h3-10,17H,1-2H3,(H,21,25)(H2,22,24,26)/b23-11-. The van der Waals surface area contributed by atoms with Gasteiger partial charge in [0.2, 0.25) is 5.91 Å². The number of hydrogen-bond acceptors (Lipinski definition) is 4. The Morgan fingerprint density at radius 1 is 1.07 bits per heavy atom. The molecule has 1 amide bonds. The van der Waals surface area contributed by atoms with E-state index in [-0.39, 0.29) is 11.0 Å². The number of thiocarbonyl (C=S) groups is 1. The zero-order valence-corrected chi connectivity index (χ0v) is 16.3. The van der Waals surface area contributed by atoms with Gasteiger partial charge in [0.25, 0.3) is 5.76 Å². The fraction of sp³-hybridized carbons (Fsp3) is 0.167. The molecule has 27 heavy (non-hydrogen) atoms. The van der Waals surface area contributed by atoms with E-state index in [4.69, 9.17) is 12.2 Å². The second kappa shape index (κ2) is 9.98. The van der Waals surface area contributed by atoms with Crippen LogP contribution in [0.2, 0.25) is 0 Å². The van der Waals surface area contributed by atoms with Crippen molar-refractivity contribution in [1.29, 1.82) is 0 Å². The highest BCUT2D eigenvalue weighted by Gasteiger charge is 2.05. The lowest BCUT2D eigenvalue weighted by Crippen LogP contribution is -2.25. The Morgan fingerprint density at radius 3 is 2.41 bits per heavy atom. The summed E-state index contributed by atoms with van der Waals surface area (Å²) in [6.07, 6.45) is 0. The number of halogens is 2. The summed E-state index contributed by atoms with van der Waals surface area (Å²) in [5, 5.41) is 10.1. The lowest BCUT2D eigenvalue weighted by Gasteiger charge is -2.09. The molecule has 0 saturated carbocycles. The monoisotopic (exact) mass is 408 g/mol. The van der Waals surface area contributed by atoms with Gasteiger partial charge in [0.05, 0.1) is 5.71 Å². The van der Waals surface area contributed by atoms with Crippen molar-refractivity contribution in [3.8, 4) is 0 Å². The molecule has 2 aromatic carbocycles. The number of hydrazone groups is 1.